The average Bonchev–Trinajstić information content (AvgIpc) is 3.39. The van der Waals surface area contributed by atoms with Crippen molar-refractivity contribution in [3.05, 3.63) is 45.7 Å². The van der Waals surface area contributed by atoms with Crippen LogP contribution in [0.5, 0.6) is 0 Å². The van der Waals surface area contributed by atoms with Crippen LogP contribution in [0.4, 0.5) is 17.2 Å². The molecule has 2 amide bonds. The minimum atomic E-state index is -0.586. The van der Waals surface area contributed by atoms with E-state index >= 15 is 0 Å². The van der Waals surface area contributed by atoms with E-state index in [1.54, 1.807) is 24.9 Å². The van der Waals surface area contributed by atoms with E-state index in [-0.39, 0.29) is 36.1 Å². The molecule has 3 aromatic heterocycles. The van der Waals surface area contributed by atoms with Crippen LogP contribution in [0, 0.1) is 24.0 Å². The van der Waals surface area contributed by atoms with E-state index in [0.717, 1.165) is 5.69 Å². The fourth-order valence-corrected chi connectivity index (χ4v) is 2.99. The SMILES string of the molecule is CCn1ncc(NC(=O)CCn2nc([N+](=O)[O-])cc2C)c1C(=O)Nc1cnn(C)c1C. The molecule has 0 saturated heterocycles. The second-order valence-electron chi connectivity index (χ2n) is 6.87. The zero-order valence-corrected chi connectivity index (χ0v) is 17.6. The monoisotopic (exact) mass is 429 g/mol. The molecule has 0 fully saturated rings. The molecule has 3 aromatic rings. The van der Waals surface area contributed by atoms with Gasteiger partial charge in [0.25, 0.3) is 5.91 Å². The molecule has 0 atom stereocenters. The first-order chi connectivity index (χ1) is 14.7. The van der Waals surface area contributed by atoms with E-state index in [4.69, 9.17) is 0 Å². The highest BCUT2D eigenvalue weighted by Gasteiger charge is 2.22. The van der Waals surface area contributed by atoms with E-state index in [1.807, 2.05) is 13.8 Å². The molecule has 3 heterocycles. The predicted molar refractivity (Wildman–Crippen MR) is 111 cm³/mol. The molecule has 164 valence electrons. The Morgan fingerprint density at radius 3 is 2.42 bits per heavy atom. The van der Waals surface area contributed by atoms with Crippen LogP contribution in [0.3, 0.4) is 0 Å². The molecule has 0 unspecified atom stereocenters. The molecule has 0 radical (unpaired) electrons. The van der Waals surface area contributed by atoms with Gasteiger partial charge in [0.2, 0.25) is 5.91 Å². The molecule has 2 N–H and O–H groups in total. The largest absolute Gasteiger partial charge is 0.390 e. The van der Waals surface area contributed by atoms with Gasteiger partial charge in [-0.3, -0.25) is 19.0 Å². The number of carbonyl (C=O) groups is 2. The van der Waals surface area contributed by atoms with Gasteiger partial charge >= 0.3 is 5.82 Å². The number of carbonyl (C=O) groups excluding carboxylic acids is 2. The van der Waals surface area contributed by atoms with Crippen molar-refractivity contribution in [2.75, 3.05) is 10.6 Å². The van der Waals surface area contributed by atoms with Gasteiger partial charge in [0.15, 0.2) is 0 Å². The van der Waals surface area contributed by atoms with Gasteiger partial charge in [0.1, 0.15) is 5.69 Å². The number of nitrogens with zero attached hydrogens (tertiary/aromatic N) is 7. The minimum absolute atomic E-state index is 0.0136. The highest BCUT2D eigenvalue weighted by Crippen LogP contribution is 2.20. The average molecular weight is 429 g/mol. The highest BCUT2D eigenvalue weighted by molar-refractivity contribution is 6.09. The molecule has 0 aliphatic rings. The quantitative estimate of drug-likeness (QED) is 0.407. The molecule has 0 aliphatic heterocycles. The van der Waals surface area contributed by atoms with Crippen molar-refractivity contribution >= 4 is 29.0 Å². The van der Waals surface area contributed by atoms with E-state index in [2.05, 4.69) is 25.9 Å². The van der Waals surface area contributed by atoms with Crippen molar-refractivity contribution in [3.63, 3.8) is 0 Å². The maximum absolute atomic E-state index is 12.9. The Kier molecular flexibility index (Phi) is 6.13. The fourth-order valence-electron chi connectivity index (χ4n) is 2.99. The molecule has 0 aromatic carbocycles. The Bertz CT molecular complexity index is 1140. The number of rotatable bonds is 8. The van der Waals surface area contributed by atoms with E-state index in [1.165, 1.54) is 21.6 Å². The molecule has 13 nitrogen and oxygen atoms in total. The van der Waals surface area contributed by atoms with Gasteiger partial charge in [-0.15, -0.1) is 0 Å². The second kappa shape index (κ2) is 8.77. The normalized spacial score (nSPS) is 10.8. The van der Waals surface area contributed by atoms with Crippen molar-refractivity contribution in [2.45, 2.75) is 40.3 Å². The number of anilines is 2. The summed E-state index contributed by atoms with van der Waals surface area (Å²) in [5, 5.41) is 28.4. The number of aromatic nitrogens is 6. The Morgan fingerprint density at radius 1 is 1.13 bits per heavy atom. The molecule has 0 saturated carbocycles. The zero-order chi connectivity index (χ0) is 22.7. The number of hydrogen-bond acceptors (Lipinski definition) is 7. The number of amides is 2. The molecular weight excluding hydrogens is 406 g/mol. The first kappa shape index (κ1) is 21.7. The summed E-state index contributed by atoms with van der Waals surface area (Å²) >= 11 is 0. The number of nitrogens with one attached hydrogen (secondary N) is 2. The lowest BCUT2D eigenvalue weighted by Crippen LogP contribution is -2.22. The van der Waals surface area contributed by atoms with Crippen LogP contribution in [0.2, 0.25) is 0 Å². The van der Waals surface area contributed by atoms with Crippen LogP contribution in [0.15, 0.2) is 18.5 Å². The lowest BCUT2D eigenvalue weighted by Gasteiger charge is -2.10. The van der Waals surface area contributed by atoms with Crippen LogP contribution in [0.1, 0.15) is 35.2 Å². The number of nitro groups is 1. The van der Waals surface area contributed by atoms with Crippen LogP contribution >= 0.6 is 0 Å². The predicted octanol–water partition coefficient (Wildman–Crippen LogP) is 1.64. The third kappa shape index (κ3) is 4.60. The second-order valence-corrected chi connectivity index (χ2v) is 6.87. The number of aryl methyl sites for hydroxylation is 4. The molecule has 31 heavy (non-hydrogen) atoms. The van der Waals surface area contributed by atoms with Crippen LogP contribution < -0.4 is 10.6 Å². The maximum atomic E-state index is 12.9. The molecule has 0 aliphatic carbocycles. The third-order valence-electron chi connectivity index (χ3n) is 4.82. The summed E-state index contributed by atoms with van der Waals surface area (Å²) in [4.78, 5) is 35.6. The van der Waals surface area contributed by atoms with Crippen LogP contribution in [-0.2, 0) is 24.9 Å². The summed E-state index contributed by atoms with van der Waals surface area (Å²) in [6.07, 6.45) is 2.97. The molecular formula is C18H23N9O4. The van der Waals surface area contributed by atoms with E-state index in [9.17, 15) is 19.7 Å². The molecule has 13 heteroatoms. The summed E-state index contributed by atoms with van der Waals surface area (Å²) < 4.78 is 4.51. The van der Waals surface area contributed by atoms with Gasteiger partial charge in [-0.1, -0.05) is 0 Å². The van der Waals surface area contributed by atoms with Crippen LogP contribution in [0.25, 0.3) is 0 Å². The Morgan fingerprint density at radius 2 is 1.84 bits per heavy atom. The van der Waals surface area contributed by atoms with Gasteiger partial charge in [-0.25, -0.2) is 0 Å². The first-order valence-corrected chi connectivity index (χ1v) is 9.55. The van der Waals surface area contributed by atoms with Gasteiger partial charge in [0, 0.05) is 20.0 Å². The Balaban J connectivity index is 1.71. The van der Waals surface area contributed by atoms with E-state index < -0.39 is 10.8 Å². The number of hydrogen-bond donors (Lipinski definition) is 2. The topological polar surface area (TPSA) is 155 Å². The van der Waals surface area contributed by atoms with Gasteiger partial charge < -0.3 is 20.7 Å². The van der Waals surface area contributed by atoms with Gasteiger partial charge in [-0.2, -0.15) is 14.9 Å². The Hall–Kier alpha value is -4.03. The Labute approximate surface area is 177 Å². The van der Waals surface area contributed by atoms with E-state index in [0.29, 0.717) is 17.9 Å². The molecule has 3 rings (SSSR count). The third-order valence-corrected chi connectivity index (χ3v) is 4.82. The van der Waals surface area contributed by atoms with Crippen molar-refractivity contribution in [1.82, 2.24) is 29.3 Å². The highest BCUT2D eigenvalue weighted by atomic mass is 16.6. The summed E-state index contributed by atoms with van der Waals surface area (Å²) in [6, 6.07) is 1.34. The van der Waals surface area contributed by atoms with Crippen molar-refractivity contribution in [3.8, 4) is 0 Å². The maximum Gasteiger partial charge on any atom is 0.390 e. The summed E-state index contributed by atoms with van der Waals surface area (Å²) in [5.74, 6) is -1.07. The molecule has 0 spiro atoms. The summed E-state index contributed by atoms with van der Waals surface area (Å²) in [7, 11) is 1.77. The van der Waals surface area contributed by atoms with Crippen molar-refractivity contribution in [2.24, 2.45) is 7.05 Å². The van der Waals surface area contributed by atoms with Crippen molar-refractivity contribution in [1.29, 1.82) is 0 Å². The zero-order valence-electron chi connectivity index (χ0n) is 17.6. The first-order valence-electron chi connectivity index (χ1n) is 9.55. The lowest BCUT2D eigenvalue weighted by atomic mass is 10.3. The van der Waals surface area contributed by atoms with Gasteiger partial charge in [0.05, 0.1) is 52.9 Å². The van der Waals surface area contributed by atoms with Crippen LogP contribution in [-0.4, -0.2) is 46.1 Å². The molecule has 0 bridgehead atoms. The summed E-state index contributed by atoms with van der Waals surface area (Å²) in [6.45, 7) is 5.92. The van der Waals surface area contributed by atoms with Crippen molar-refractivity contribution < 1.29 is 14.5 Å². The minimum Gasteiger partial charge on any atom is -0.358 e. The summed E-state index contributed by atoms with van der Waals surface area (Å²) in [5.41, 5.74) is 2.40. The standard InChI is InChI=1S/C18H23N9O4/c1-5-25-17(18(29)22-13-9-19-24(4)12(13)3)14(10-20-25)21-16(28)6-7-26-11(2)8-15(23-26)27(30)31/h8-10H,5-7H2,1-4H3,(H,21,28)(H,22,29). The van der Waals surface area contributed by atoms with Gasteiger partial charge in [-0.05, 0) is 25.7 Å². The lowest BCUT2D eigenvalue weighted by molar-refractivity contribution is -0.389. The fraction of sp³-hybridized carbons (Fsp3) is 0.389. The smallest absolute Gasteiger partial charge is 0.358 e.